The van der Waals surface area contributed by atoms with E-state index in [1.54, 1.807) is 0 Å². The minimum Gasteiger partial charge on any atom is -0.375 e. The van der Waals surface area contributed by atoms with Crippen LogP contribution in [0.1, 0.15) is 66.7 Å². The SMILES string of the molecule is CCC1(C)COC2CCC(C(C)(C)CC)CC2N1. The van der Waals surface area contributed by atoms with E-state index in [4.69, 9.17) is 4.74 Å². The Morgan fingerprint density at radius 2 is 2.00 bits per heavy atom. The van der Waals surface area contributed by atoms with Crippen molar-refractivity contribution < 1.29 is 4.74 Å². The summed E-state index contributed by atoms with van der Waals surface area (Å²) in [6.45, 7) is 12.6. The van der Waals surface area contributed by atoms with Crippen LogP contribution in [0.25, 0.3) is 0 Å². The van der Waals surface area contributed by atoms with Crippen molar-refractivity contribution >= 4 is 0 Å². The number of nitrogens with one attached hydrogen (secondary N) is 1. The molecule has 0 amide bonds. The standard InChI is InChI=1S/C16H31NO/c1-6-15(3,4)12-8-9-14-13(10-12)17-16(5,7-2)11-18-14/h12-14,17H,6-11H2,1-5H3. The van der Waals surface area contributed by atoms with E-state index < -0.39 is 0 Å². The zero-order valence-corrected chi connectivity index (χ0v) is 12.9. The fourth-order valence-corrected chi connectivity index (χ4v) is 3.48. The molecule has 18 heavy (non-hydrogen) atoms. The number of morpholine rings is 1. The van der Waals surface area contributed by atoms with Crippen molar-refractivity contribution in [2.45, 2.75) is 84.4 Å². The van der Waals surface area contributed by atoms with Gasteiger partial charge in [-0.2, -0.15) is 0 Å². The van der Waals surface area contributed by atoms with Gasteiger partial charge < -0.3 is 10.1 Å². The summed E-state index contributed by atoms with van der Waals surface area (Å²) in [4.78, 5) is 0. The quantitative estimate of drug-likeness (QED) is 0.827. The summed E-state index contributed by atoms with van der Waals surface area (Å²) >= 11 is 0. The van der Waals surface area contributed by atoms with Crippen molar-refractivity contribution in [3.05, 3.63) is 0 Å². The van der Waals surface area contributed by atoms with Gasteiger partial charge in [-0.3, -0.25) is 0 Å². The van der Waals surface area contributed by atoms with Crippen molar-refractivity contribution in [2.75, 3.05) is 6.61 Å². The van der Waals surface area contributed by atoms with E-state index in [0.717, 1.165) is 18.9 Å². The average molecular weight is 253 g/mol. The van der Waals surface area contributed by atoms with Crippen molar-refractivity contribution in [2.24, 2.45) is 11.3 Å². The zero-order valence-electron chi connectivity index (χ0n) is 12.9. The van der Waals surface area contributed by atoms with E-state index in [1.165, 1.54) is 25.7 Å². The summed E-state index contributed by atoms with van der Waals surface area (Å²) in [6.07, 6.45) is 6.77. The smallest absolute Gasteiger partial charge is 0.0729 e. The van der Waals surface area contributed by atoms with Gasteiger partial charge in [0.15, 0.2) is 0 Å². The van der Waals surface area contributed by atoms with E-state index in [2.05, 4.69) is 39.9 Å². The Morgan fingerprint density at radius 3 is 2.61 bits per heavy atom. The Hall–Kier alpha value is -0.0800. The molecule has 1 saturated heterocycles. The molecule has 1 aliphatic carbocycles. The lowest BCUT2D eigenvalue weighted by atomic mass is 9.67. The van der Waals surface area contributed by atoms with Crippen LogP contribution in [0.3, 0.4) is 0 Å². The Bertz CT molecular complexity index is 284. The highest BCUT2D eigenvalue weighted by atomic mass is 16.5. The van der Waals surface area contributed by atoms with E-state index in [9.17, 15) is 0 Å². The molecular formula is C16H31NO. The van der Waals surface area contributed by atoms with Crippen LogP contribution in [0.2, 0.25) is 0 Å². The molecule has 2 rings (SSSR count). The molecule has 0 aromatic carbocycles. The fraction of sp³-hybridized carbons (Fsp3) is 1.00. The molecule has 1 saturated carbocycles. The van der Waals surface area contributed by atoms with Crippen LogP contribution in [0, 0.1) is 11.3 Å². The number of hydrogen-bond acceptors (Lipinski definition) is 2. The van der Waals surface area contributed by atoms with Gasteiger partial charge in [0, 0.05) is 11.6 Å². The molecule has 2 fully saturated rings. The van der Waals surface area contributed by atoms with Gasteiger partial charge in [-0.25, -0.2) is 0 Å². The molecule has 0 bridgehead atoms. The van der Waals surface area contributed by atoms with Gasteiger partial charge in [0.25, 0.3) is 0 Å². The largest absolute Gasteiger partial charge is 0.375 e. The van der Waals surface area contributed by atoms with Crippen LogP contribution < -0.4 is 5.32 Å². The van der Waals surface area contributed by atoms with Gasteiger partial charge in [0.05, 0.1) is 12.7 Å². The molecule has 106 valence electrons. The second-order valence-electron chi connectivity index (χ2n) is 7.37. The third-order valence-corrected chi connectivity index (χ3v) is 5.73. The van der Waals surface area contributed by atoms with Crippen molar-refractivity contribution in [3.8, 4) is 0 Å². The summed E-state index contributed by atoms with van der Waals surface area (Å²) in [5, 5.41) is 3.88. The van der Waals surface area contributed by atoms with Gasteiger partial charge in [0.1, 0.15) is 0 Å². The highest BCUT2D eigenvalue weighted by Gasteiger charge is 2.43. The fourth-order valence-electron chi connectivity index (χ4n) is 3.48. The summed E-state index contributed by atoms with van der Waals surface area (Å²) in [5.74, 6) is 0.846. The number of fused-ring (bicyclic) bond motifs is 1. The highest BCUT2D eigenvalue weighted by Crippen LogP contribution is 2.42. The van der Waals surface area contributed by atoms with Crippen LogP contribution in [0.5, 0.6) is 0 Å². The Balaban J connectivity index is 2.02. The maximum absolute atomic E-state index is 6.12. The van der Waals surface area contributed by atoms with Gasteiger partial charge in [-0.15, -0.1) is 0 Å². The maximum atomic E-state index is 6.12. The van der Waals surface area contributed by atoms with Crippen LogP contribution >= 0.6 is 0 Å². The summed E-state index contributed by atoms with van der Waals surface area (Å²) in [5.41, 5.74) is 0.673. The lowest BCUT2D eigenvalue weighted by Gasteiger charge is -2.50. The lowest BCUT2D eigenvalue weighted by molar-refractivity contribution is -0.0910. The molecule has 1 N–H and O–H groups in total. The van der Waals surface area contributed by atoms with E-state index >= 15 is 0 Å². The van der Waals surface area contributed by atoms with Crippen LogP contribution in [0.4, 0.5) is 0 Å². The molecule has 1 heterocycles. The van der Waals surface area contributed by atoms with Crippen LogP contribution in [-0.4, -0.2) is 24.3 Å². The van der Waals surface area contributed by atoms with Crippen LogP contribution in [-0.2, 0) is 4.74 Å². The molecule has 4 unspecified atom stereocenters. The molecule has 2 heteroatoms. The second kappa shape index (κ2) is 5.13. The molecule has 0 spiro atoms. The predicted molar refractivity (Wildman–Crippen MR) is 76.8 cm³/mol. The van der Waals surface area contributed by atoms with Crippen LogP contribution in [0.15, 0.2) is 0 Å². The van der Waals surface area contributed by atoms with Gasteiger partial charge in [-0.1, -0.05) is 34.1 Å². The van der Waals surface area contributed by atoms with E-state index in [-0.39, 0.29) is 5.54 Å². The Labute approximate surface area is 113 Å². The molecule has 2 nitrogen and oxygen atoms in total. The lowest BCUT2D eigenvalue weighted by Crippen LogP contribution is -2.62. The van der Waals surface area contributed by atoms with Gasteiger partial charge in [0.2, 0.25) is 0 Å². The summed E-state index contributed by atoms with van der Waals surface area (Å²) in [7, 11) is 0. The number of rotatable bonds is 3. The first kappa shape index (κ1) is 14.3. The topological polar surface area (TPSA) is 21.3 Å². The van der Waals surface area contributed by atoms with Gasteiger partial charge in [-0.05, 0) is 43.9 Å². The molecule has 4 atom stereocenters. The minimum absolute atomic E-state index is 0.194. The van der Waals surface area contributed by atoms with Crippen molar-refractivity contribution in [1.29, 1.82) is 0 Å². The summed E-state index contributed by atoms with van der Waals surface area (Å²) < 4.78 is 6.12. The monoisotopic (exact) mass is 253 g/mol. The zero-order chi connectivity index (χ0) is 13.4. The number of hydrogen-bond donors (Lipinski definition) is 1. The molecule has 0 aromatic rings. The first-order chi connectivity index (χ1) is 8.40. The Kier molecular flexibility index (Phi) is 4.08. The van der Waals surface area contributed by atoms with Gasteiger partial charge >= 0.3 is 0 Å². The molecule has 0 radical (unpaired) electrons. The molecular weight excluding hydrogens is 222 g/mol. The average Bonchev–Trinajstić information content (AvgIpc) is 2.38. The first-order valence-electron chi connectivity index (χ1n) is 7.79. The van der Waals surface area contributed by atoms with E-state index in [1.807, 2.05) is 0 Å². The molecule has 0 aromatic heterocycles. The normalized spacial score (nSPS) is 41.5. The molecule has 2 aliphatic rings. The highest BCUT2D eigenvalue weighted by molar-refractivity contribution is 4.98. The summed E-state index contributed by atoms with van der Waals surface area (Å²) in [6, 6.07) is 0.577. The second-order valence-corrected chi connectivity index (χ2v) is 7.37. The molecule has 1 aliphatic heterocycles. The first-order valence-corrected chi connectivity index (χ1v) is 7.79. The van der Waals surface area contributed by atoms with Crippen molar-refractivity contribution in [1.82, 2.24) is 5.32 Å². The van der Waals surface area contributed by atoms with E-state index in [0.29, 0.717) is 17.6 Å². The maximum Gasteiger partial charge on any atom is 0.0729 e. The number of ether oxygens (including phenoxy) is 1. The Morgan fingerprint density at radius 1 is 1.28 bits per heavy atom. The third-order valence-electron chi connectivity index (χ3n) is 5.73. The minimum atomic E-state index is 0.194. The third kappa shape index (κ3) is 2.75. The van der Waals surface area contributed by atoms with Crippen molar-refractivity contribution in [3.63, 3.8) is 0 Å². The predicted octanol–water partition coefficient (Wildman–Crippen LogP) is 3.75.